The number of amides is 1. The van der Waals surface area contributed by atoms with Crippen LogP contribution in [-0.4, -0.2) is 59.0 Å². The molecular weight excluding hydrogens is 699 g/mol. The highest BCUT2D eigenvalue weighted by molar-refractivity contribution is 7.47. The van der Waals surface area contributed by atoms with E-state index in [1.54, 1.807) is 0 Å². The van der Waals surface area contributed by atoms with Crippen molar-refractivity contribution in [2.24, 2.45) is 5.73 Å². The number of carbonyl (C=O) groups excluding carboxylic acids is 1. The van der Waals surface area contributed by atoms with Crippen molar-refractivity contribution in [1.82, 2.24) is 5.32 Å². The van der Waals surface area contributed by atoms with E-state index in [0.717, 1.165) is 64.2 Å². The zero-order valence-electron chi connectivity index (χ0n) is 35.1. The first-order valence-electron chi connectivity index (χ1n) is 22.5. The molecule has 0 aromatic rings. The summed E-state index contributed by atoms with van der Waals surface area (Å²) in [5, 5.41) is 24.2. The Kier molecular flexibility index (Phi) is 39.4. The van der Waals surface area contributed by atoms with Crippen molar-refractivity contribution < 1.29 is 33.5 Å². The van der Waals surface area contributed by atoms with Crippen LogP contribution >= 0.6 is 7.82 Å². The predicted molar refractivity (Wildman–Crippen MR) is 227 cm³/mol. The Hall–Kier alpha value is -1.06. The lowest BCUT2D eigenvalue weighted by molar-refractivity contribution is -0.125. The van der Waals surface area contributed by atoms with Gasteiger partial charge in [0.15, 0.2) is 0 Å². The van der Waals surface area contributed by atoms with Gasteiger partial charge in [-0.2, -0.15) is 0 Å². The molecular formula is C44H87N2O7P. The molecule has 0 spiro atoms. The van der Waals surface area contributed by atoms with E-state index in [-0.39, 0.29) is 26.2 Å². The molecule has 0 radical (unpaired) electrons. The maximum absolute atomic E-state index is 12.8. The van der Waals surface area contributed by atoms with Crippen molar-refractivity contribution in [2.75, 3.05) is 19.8 Å². The molecule has 320 valence electrons. The van der Waals surface area contributed by atoms with Crippen molar-refractivity contribution >= 4 is 13.7 Å². The Balaban J connectivity index is 4.19. The van der Waals surface area contributed by atoms with Gasteiger partial charge in [0.2, 0.25) is 5.91 Å². The summed E-state index contributed by atoms with van der Waals surface area (Å²) < 4.78 is 22.1. The molecule has 0 bridgehead atoms. The number of unbranched alkanes of at least 4 members (excludes halogenated alkanes) is 24. The second-order valence-electron chi connectivity index (χ2n) is 15.5. The van der Waals surface area contributed by atoms with Gasteiger partial charge in [-0.3, -0.25) is 13.8 Å². The first-order valence-corrected chi connectivity index (χ1v) is 24.0. The van der Waals surface area contributed by atoms with E-state index in [9.17, 15) is 24.5 Å². The smallest absolute Gasteiger partial charge is 0.393 e. The van der Waals surface area contributed by atoms with Crippen LogP contribution in [0.1, 0.15) is 213 Å². The van der Waals surface area contributed by atoms with Crippen molar-refractivity contribution in [3.05, 3.63) is 24.3 Å². The molecule has 0 aliphatic rings. The van der Waals surface area contributed by atoms with Crippen molar-refractivity contribution in [3.63, 3.8) is 0 Å². The number of carbonyl (C=O) groups is 1. The van der Waals surface area contributed by atoms with Crippen LogP contribution in [0.3, 0.4) is 0 Å². The molecule has 0 saturated heterocycles. The second-order valence-corrected chi connectivity index (χ2v) is 16.9. The number of allylic oxidation sites excluding steroid dienone is 4. The van der Waals surface area contributed by atoms with Crippen LogP contribution in [-0.2, 0) is 18.4 Å². The summed E-state index contributed by atoms with van der Waals surface area (Å²) in [7, 11) is -4.37. The van der Waals surface area contributed by atoms with Gasteiger partial charge >= 0.3 is 7.82 Å². The highest BCUT2D eigenvalue weighted by atomic mass is 31.2. The lowest BCUT2D eigenvalue weighted by Gasteiger charge is -2.25. The Labute approximate surface area is 332 Å². The summed E-state index contributed by atoms with van der Waals surface area (Å²) in [6, 6.07) is -0.899. The van der Waals surface area contributed by atoms with E-state index >= 15 is 0 Å². The summed E-state index contributed by atoms with van der Waals surface area (Å²) >= 11 is 0. The lowest BCUT2D eigenvalue weighted by atomic mass is 10.0. The third-order valence-electron chi connectivity index (χ3n) is 10.1. The van der Waals surface area contributed by atoms with Crippen LogP contribution in [0.15, 0.2) is 24.3 Å². The van der Waals surface area contributed by atoms with Crippen molar-refractivity contribution in [3.8, 4) is 0 Å². The topological polar surface area (TPSA) is 151 Å². The van der Waals surface area contributed by atoms with Crippen LogP contribution < -0.4 is 11.1 Å². The minimum absolute atomic E-state index is 0.0579. The fraction of sp³-hybridized carbons (Fsp3) is 0.886. The Morgan fingerprint density at radius 2 is 1.06 bits per heavy atom. The number of hydrogen-bond acceptors (Lipinski definition) is 7. The molecule has 0 rings (SSSR count). The van der Waals surface area contributed by atoms with E-state index < -0.39 is 32.0 Å². The first kappa shape index (κ1) is 52.9. The van der Waals surface area contributed by atoms with Gasteiger partial charge < -0.3 is 26.2 Å². The summed E-state index contributed by atoms with van der Waals surface area (Å²) in [5.41, 5.74) is 5.36. The number of phosphoric acid groups is 1. The normalized spacial score (nSPS) is 14.9. The molecule has 1 amide bonds. The van der Waals surface area contributed by atoms with Crippen LogP contribution in [0.4, 0.5) is 0 Å². The minimum Gasteiger partial charge on any atom is -0.393 e. The lowest BCUT2D eigenvalue weighted by Crippen LogP contribution is -2.47. The summed E-state index contributed by atoms with van der Waals surface area (Å²) in [6.45, 7) is 4.03. The average molecular weight is 787 g/mol. The largest absolute Gasteiger partial charge is 0.472 e. The van der Waals surface area contributed by atoms with Gasteiger partial charge in [-0.05, 0) is 44.9 Å². The molecule has 0 saturated carbocycles. The molecule has 0 heterocycles. The second kappa shape index (κ2) is 40.1. The number of hydrogen-bond donors (Lipinski definition) is 5. The number of phosphoric ester groups is 1. The predicted octanol–water partition coefficient (Wildman–Crippen LogP) is 11.5. The van der Waals surface area contributed by atoms with Crippen LogP contribution in [0, 0.1) is 0 Å². The van der Waals surface area contributed by atoms with Gasteiger partial charge in [-0.1, -0.05) is 186 Å². The number of aliphatic hydroxyl groups is 2. The number of nitrogens with two attached hydrogens (primary N) is 1. The number of nitrogens with one attached hydrogen (secondary N) is 1. The highest BCUT2D eigenvalue weighted by Crippen LogP contribution is 2.43. The maximum atomic E-state index is 12.8. The van der Waals surface area contributed by atoms with E-state index in [0.29, 0.717) is 12.8 Å². The Morgan fingerprint density at radius 3 is 1.52 bits per heavy atom. The van der Waals surface area contributed by atoms with Gasteiger partial charge in [0, 0.05) is 6.54 Å². The van der Waals surface area contributed by atoms with Gasteiger partial charge in [0.25, 0.3) is 0 Å². The maximum Gasteiger partial charge on any atom is 0.472 e. The third-order valence-corrected chi connectivity index (χ3v) is 11.1. The highest BCUT2D eigenvalue weighted by Gasteiger charge is 2.28. The summed E-state index contributed by atoms with van der Waals surface area (Å²) in [4.78, 5) is 22.8. The Bertz CT molecular complexity index is 919. The van der Waals surface area contributed by atoms with Crippen molar-refractivity contribution in [2.45, 2.75) is 231 Å². The van der Waals surface area contributed by atoms with Gasteiger partial charge in [-0.15, -0.1) is 0 Å². The molecule has 6 N–H and O–H groups in total. The molecule has 0 aliphatic heterocycles. The minimum atomic E-state index is -4.37. The average Bonchev–Trinajstić information content (AvgIpc) is 3.15. The van der Waals surface area contributed by atoms with E-state index in [4.69, 9.17) is 14.8 Å². The third kappa shape index (κ3) is 37.8. The molecule has 0 aromatic heterocycles. The van der Waals surface area contributed by atoms with E-state index in [1.807, 2.05) is 0 Å². The fourth-order valence-corrected chi connectivity index (χ4v) is 7.44. The molecule has 4 unspecified atom stereocenters. The molecule has 9 nitrogen and oxygen atoms in total. The Morgan fingerprint density at radius 1 is 0.630 bits per heavy atom. The van der Waals surface area contributed by atoms with Crippen LogP contribution in [0.5, 0.6) is 0 Å². The van der Waals surface area contributed by atoms with Gasteiger partial charge in [0.05, 0.1) is 37.9 Å². The van der Waals surface area contributed by atoms with E-state index in [1.165, 1.54) is 116 Å². The molecule has 0 fully saturated rings. The van der Waals surface area contributed by atoms with Crippen LogP contribution in [0.25, 0.3) is 0 Å². The van der Waals surface area contributed by atoms with Crippen LogP contribution in [0.2, 0.25) is 0 Å². The molecule has 0 aliphatic carbocycles. The summed E-state index contributed by atoms with van der Waals surface area (Å²) in [6.07, 6.45) is 42.3. The number of aliphatic hydroxyl groups excluding tert-OH is 2. The fourth-order valence-electron chi connectivity index (χ4n) is 6.68. The summed E-state index contributed by atoms with van der Waals surface area (Å²) in [5.74, 6) is -0.421. The monoisotopic (exact) mass is 787 g/mol. The molecule has 0 aromatic carbocycles. The molecule has 54 heavy (non-hydrogen) atoms. The first-order chi connectivity index (χ1) is 26.3. The van der Waals surface area contributed by atoms with Gasteiger partial charge in [-0.25, -0.2) is 4.57 Å². The zero-order chi connectivity index (χ0) is 39.8. The molecule has 4 atom stereocenters. The zero-order valence-corrected chi connectivity index (χ0v) is 36.0. The van der Waals surface area contributed by atoms with Gasteiger partial charge in [0.1, 0.15) is 0 Å². The van der Waals surface area contributed by atoms with Crippen molar-refractivity contribution in [1.29, 1.82) is 0 Å². The molecule has 10 heteroatoms. The standard InChI is InChI=1S/C44H87N2O7P/c1-3-5-7-9-11-13-15-16-17-18-19-20-21-22-23-24-26-27-29-31-33-35-41(47)39-44(49)46-42(40-53-54(50,51)52-38-37-45)43(48)36-34-32-30-28-25-14-12-10-8-6-4-2/h19-20,22-23,41-43,47-48H,3-18,21,24-40,45H2,1-2H3,(H,46,49)(H,50,51)/b20-19-,23-22-. The quantitative estimate of drug-likeness (QED) is 0.0233. The van der Waals surface area contributed by atoms with E-state index in [2.05, 4.69) is 43.5 Å². The SMILES string of the molecule is CCCCCCCCCCC/C=C\C/C=C\CCCCCCCC(O)CC(=O)NC(COP(=O)(O)OCCN)C(O)CCCCCCCCCCCCC. The number of rotatable bonds is 42.